The first-order valence-corrected chi connectivity index (χ1v) is 5.61. The first-order chi connectivity index (χ1) is 7.20. The van der Waals surface area contributed by atoms with E-state index in [1.807, 2.05) is 0 Å². The first kappa shape index (κ1) is 13.5. The summed E-state index contributed by atoms with van der Waals surface area (Å²) in [5, 5.41) is 0.332. The Morgan fingerprint density at radius 2 is 1.81 bits per heavy atom. The molecule has 16 heavy (non-hydrogen) atoms. The molecule has 2 N–H and O–H groups in total. The molecule has 0 aliphatic carbocycles. The fraction of sp³-hybridized carbons (Fsp3) is 0.600. The van der Waals surface area contributed by atoms with Crippen molar-refractivity contribution in [2.75, 3.05) is 25.4 Å². The lowest BCUT2D eigenvalue weighted by atomic mass is 10.2. The predicted molar refractivity (Wildman–Crippen MR) is 68.2 cm³/mol. The highest BCUT2D eigenvalue weighted by Crippen LogP contribution is 2.19. The van der Waals surface area contributed by atoms with E-state index in [2.05, 4.69) is 21.8 Å². The van der Waals surface area contributed by atoms with E-state index in [1.165, 1.54) is 0 Å². The molecule has 0 spiro atoms. The maximum Gasteiger partial charge on any atom is 0.171 e. The summed E-state index contributed by atoms with van der Waals surface area (Å²) in [4.78, 5) is 11.0. The first-order valence-electron chi connectivity index (χ1n) is 5.23. The van der Waals surface area contributed by atoms with Crippen LogP contribution in [-0.2, 0) is 12.8 Å². The Labute approximate surface area is 107 Å². The summed E-state index contributed by atoms with van der Waals surface area (Å²) in [6.45, 7) is 5.28. The second-order valence-corrected chi connectivity index (χ2v) is 4.09. The van der Waals surface area contributed by atoms with Gasteiger partial charge in [0.1, 0.15) is 0 Å². The molecule has 0 saturated carbocycles. The SMILES string of the molecule is CCN1CCc2nc(N)c(Cl)nc2CC1.Cl. The van der Waals surface area contributed by atoms with Crippen molar-refractivity contribution in [2.45, 2.75) is 19.8 Å². The standard InChI is InChI=1S/C10H15ClN4.ClH/c1-2-15-5-3-7-8(4-6-15)14-10(12)9(11)13-7;/h2-6H2,1H3,(H2,12,14);1H. The highest BCUT2D eigenvalue weighted by molar-refractivity contribution is 6.31. The van der Waals surface area contributed by atoms with Crippen LogP contribution in [-0.4, -0.2) is 34.5 Å². The lowest BCUT2D eigenvalue weighted by molar-refractivity contribution is 0.302. The number of halogens is 2. The Balaban J connectivity index is 0.00000128. The zero-order valence-electron chi connectivity index (χ0n) is 9.24. The van der Waals surface area contributed by atoms with E-state index in [-0.39, 0.29) is 12.4 Å². The smallest absolute Gasteiger partial charge is 0.171 e. The Bertz CT molecular complexity index is 337. The van der Waals surface area contributed by atoms with Gasteiger partial charge in [-0.15, -0.1) is 12.4 Å². The summed E-state index contributed by atoms with van der Waals surface area (Å²) < 4.78 is 0. The quantitative estimate of drug-likeness (QED) is 0.835. The Kier molecular flexibility index (Phi) is 4.77. The molecule has 2 rings (SSSR count). The third-order valence-corrected chi connectivity index (χ3v) is 3.09. The van der Waals surface area contributed by atoms with Gasteiger partial charge in [0, 0.05) is 25.9 Å². The van der Waals surface area contributed by atoms with E-state index in [9.17, 15) is 0 Å². The number of hydrogen-bond donors (Lipinski definition) is 1. The third kappa shape index (κ3) is 2.75. The Morgan fingerprint density at radius 3 is 2.38 bits per heavy atom. The molecule has 6 heteroatoms. The molecule has 0 radical (unpaired) electrons. The molecule has 2 heterocycles. The van der Waals surface area contributed by atoms with Gasteiger partial charge in [0.2, 0.25) is 0 Å². The second-order valence-electron chi connectivity index (χ2n) is 3.73. The lowest BCUT2D eigenvalue weighted by Gasteiger charge is -2.15. The van der Waals surface area contributed by atoms with Crippen molar-refractivity contribution >= 4 is 29.8 Å². The minimum atomic E-state index is 0. The lowest BCUT2D eigenvalue weighted by Crippen LogP contribution is -2.25. The summed E-state index contributed by atoms with van der Waals surface area (Å²) in [7, 11) is 0. The van der Waals surface area contributed by atoms with Crippen LogP contribution in [0.25, 0.3) is 0 Å². The zero-order valence-corrected chi connectivity index (χ0v) is 10.8. The van der Waals surface area contributed by atoms with Crippen LogP contribution >= 0.6 is 24.0 Å². The molecule has 0 bridgehead atoms. The highest BCUT2D eigenvalue weighted by atomic mass is 35.5. The van der Waals surface area contributed by atoms with Crippen LogP contribution in [0.1, 0.15) is 18.3 Å². The number of anilines is 1. The Hall–Kier alpha value is -0.580. The van der Waals surface area contributed by atoms with E-state index in [0.717, 1.165) is 43.9 Å². The van der Waals surface area contributed by atoms with Gasteiger partial charge in [0.05, 0.1) is 11.4 Å². The van der Waals surface area contributed by atoms with Gasteiger partial charge >= 0.3 is 0 Å². The van der Waals surface area contributed by atoms with E-state index in [4.69, 9.17) is 17.3 Å². The van der Waals surface area contributed by atoms with Crippen LogP contribution in [0.4, 0.5) is 5.82 Å². The minimum absolute atomic E-state index is 0. The number of aromatic nitrogens is 2. The van der Waals surface area contributed by atoms with Gasteiger partial charge < -0.3 is 10.6 Å². The molecule has 0 amide bonds. The number of hydrogen-bond acceptors (Lipinski definition) is 4. The van der Waals surface area contributed by atoms with Crippen LogP contribution in [0.15, 0.2) is 0 Å². The molecule has 0 fully saturated rings. The van der Waals surface area contributed by atoms with E-state index >= 15 is 0 Å². The summed E-state index contributed by atoms with van der Waals surface area (Å²) >= 11 is 5.86. The number of rotatable bonds is 1. The molecule has 0 saturated heterocycles. The van der Waals surface area contributed by atoms with E-state index in [0.29, 0.717) is 11.0 Å². The normalized spacial score (nSPS) is 16.1. The van der Waals surface area contributed by atoms with Crippen molar-refractivity contribution in [3.05, 3.63) is 16.5 Å². The molecule has 0 atom stereocenters. The molecule has 4 nitrogen and oxygen atoms in total. The maximum atomic E-state index is 5.86. The molecular formula is C10H16Cl2N4. The van der Waals surface area contributed by atoms with Crippen molar-refractivity contribution in [2.24, 2.45) is 0 Å². The van der Waals surface area contributed by atoms with Crippen molar-refractivity contribution in [3.8, 4) is 0 Å². The number of fused-ring (bicyclic) bond motifs is 1. The highest BCUT2D eigenvalue weighted by Gasteiger charge is 2.16. The van der Waals surface area contributed by atoms with E-state index < -0.39 is 0 Å². The van der Waals surface area contributed by atoms with Crippen molar-refractivity contribution in [1.29, 1.82) is 0 Å². The zero-order chi connectivity index (χ0) is 10.8. The maximum absolute atomic E-state index is 5.86. The third-order valence-electron chi connectivity index (χ3n) is 2.81. The molecule has 0 aromatic carbocycles. The van der Waals surface area contributed by atoms with Crippen LogP contribution < -0.4 is 5.73 Å². The van der Waals surface area contributed by atoms with Crippen LogP contribution in [0, 0.1) is 0 Å². The van der Waals surface area contributed by atoms with Gasteiger partial charge in [-0.3, -0.25) is 0 Å². The fourth-order valence-electron chi connectivity index (χ4n) is 1.85. The molecular weight excluding hydrogens is 247 g/mol. The Morgan fingerprint density at radius 1 is 1.25 bits per heavy atom. The molecule has 1 aromatic heterocycles. The van der Waals surface area contributed by atoms with Gasteiger partial charge in [-0.2, -0.15) is 0 Å². The molecule has 1 aliphatic heterocycles. The molecule has 90 valence electrons. The van der Waals surface area contributed by atoms with Gasteiger partial charge in [0.15, 0.2) is 11.0 Å². The second kappa shape index (κ2) is 5.66. The van der Waals surface area contributed by atoms with Crippen LogP contribution in [0.3, 0.4) is 0 Å². The average Bonchev–Trinajstić information content (AvgIpc) is 2.42. The number of nitrogens with two attached hydrogens (primary N) is 1. The van der Waals surface area contributed by atoms with Crippen LogP contribution in [0.2, 0.25) is 5.15 Å². The van der Waals surface area contributed by atoms with Crippen molar-refractivity contribution in [1.82, 2.24) is 14.9 Å². The fourth-order valence-corrected chi connectivity index (χ4v) is 2.00. The number of nitrogens with zero attached hydrogens (tertiary/aromatic N) is 3. The monoisotopic (exact) mass is 262 g/mol. The van der Waals surface area contributed by atoms with Gasteiger partial charge in [0.25, 0.3) is 0 Å². The summed E-state index contributed by atoms with van der Waals surface area (Å²) in [6.07, 6.45) is 1.83. The van der Waals surface area contributed by atoms with Gasteiger partial charge in [-0.1, -0.05) is 18.5 Å². The van der Waals surface area contributed by atoms with Gasteiger partial charge in [-0.05, 0) is 6.54 Å². The molecule has 1 aromatic rings. The summed E-state index contributed by atoms with van der Waals surface area (Å²) in [6, 6.07) is 0. The van der Waals surface area contributed by atoms with E-state index in [1.54, 1.807) is 0 Å². The largest absolute Gasteiger partial charge is 0.381 e. The average molecular weight is 263 g/mol. The number of likely N-dealkylation sites (N-methyl/N-ethyl adjacent to an activating group) is 1. The van der Waals surface area contributed by atoms with Crippen molar-refractivity contribution < 1.29 is 0 Å². The summed E-state index contributed by atoms with van der Waals surface area (Å²) in [5.41, 5.74) is 7.65. The minimum Gasteiger partial charge on any atom is -0.381 e. The predicted octanol–water partition coefficient (Wildman–Crippen LogP) is 1.55. The molecule has 1 aliphatic rings. The molecule has 0 unspecified atom stereocenters. The van der Waals surface area contributed by atoms with Crippen LogP contribution in [0.5, 0.6) is 0 Å². The van der Waals surface area contributed by atoms with Gasteiger partial charge in [-0.25, -0.2) is 9.97 Å². The number of nitrogen functional groups attached to an aromatic ring is 1. The topological polar surface area (TPSA) is 55.0 Å². The summed E-state index contributed by atoms with van der Waals surface area (Å²) in [5.74, 6) is 0.348. The van der Waals surface area contributed by atoms with Crippen molar-refractivity contribution in [3.63, 3.8) is 0 Å².